The predicted octanol–water partition coefficient (Wildman–Crippen LogP) is 2.18. The van der Waals surface area contributed by atoms with E-state index in [1.807, 2.05) is 6.20 Å². The SMILES string of the molecule is CCc1cnc(CNC(=NC)NC(C)COC2CCOC2)s1.I. The Kier molecular flexibility index (Phi) is 10.00. The number of aromatic nitrogens is 1. The highest BCUT2D eigenvalue weighted by atomic mass is 127. The third kappa shape index (κ3) is 7.32. The van der Waals surface area contributed by atoms with Crippen molar-refractivity contribution in [1.29, 1.82) is 0 Å². The lowest BCUT2D eigenvalue weighted by atomic mass is 10.3. The highest BCUT2D eigenvalue weighted by Gasteiger charge is 2.17. The summed E-state index contributed by atoms with van der Waals surface area (Å²) in [7, 11) is 1.77. The first-order valence-electron chi connectivity index (χ1n) is 7.81. The zero-order chi connectivity index (χ0) is 15.8. The fourth-order valence-electron chi connectivity index (χ4n) is 2.15. The van der Waals surface area contributed by atoms with Crippen LogP contribution in [0.5, 0.6) is 0 Å². The third-order valence-electron chi connectivity index (χ3n) is 3.43. The summed E-state index contributed by atoms with van der Waals surface area (Å²) in [6.45, 7) is 7.08. The number of rotatable bonds is 7. The van der Waals surface area contributed by atoms with E-state index in [0.717, 1.165) is 30.4 Å². The van der Waals surface area contributed by atoms with Crippen LogP contribution in [0.3, 0.4) is 0 Å². The molecular weight excluding hydrogens is 427 g/mol. The van der Waals surface area contributed by atoms with Gasteiger partial charge in [0.1, 0.15) is 5.01 Å². The van der Waals surface area contributed by atoms with Crippen molar-refractivity contribution in [3.8, 4) is 0 Å². The van der Waals surface area contributed by atoms with E-state index in [0.29, 0.717) is 19.8 Å². The van der Waals surface area contributed by atoms with Crippen LogP contribution in [-0.4, -0.2) is 50.0 Å². The van der Waals surface area contributed by atoms with Gasteiger partial charge in [-0.05, 0) is 19.8 Å². The van der Waals surface area contributed by atoms with Crippen molar-refractivity contribution in [2.24, 2.45) is 4.99 Å². The number of thiazole rings is 1. The number of ether oxygens (including phenoxy) is 2. The number of hydrogen-bond donors (Lipinski definition) is 2. The monoisotopic (exact) mass is 454 g/mol. The molecule has 23 heavy (non-hydrogen) atoms. The molecule has 0 saturated carbocycles. The van der Waals surface area contributed by atoms with Gasteiger partial charge in [-0.15, -0.1) is 35.3 Å². The maximum absolute atomic E-state index is 5.81. The molecule has 1 aliphatic heterocycles. The Morgan fingerprint density at radius 3 is 3.04 bits per heavy atom. The molecule has 2 N–H and O–H groups in total. The van der Waals surface area contributed by atoms with Gasteiger partial charge in [-0.3, -0.25) is 4.99 Å². The van der Waals surface area contributed by atoms with E-state index < -0.39 is 0 Å². The number of aliphatic imine (C=N–C) groups is 1. The largest absolute Gasteiger partial charge is 0.379 e. The fourth-order valence-corrected chi connectivity index (χ4v) is 2.95. The summed E-state index contributed by atoms with van der Waals surface area (Å²) in [5, 5.41) is 7.70. The Bertz CT molecular complexity index is 478. The molecule has 8 heteroatoms. The minimum absolute atomic E-state index is 0. The summed E-state index contributed by atoms with van der Waals surface area (Å²) in [5.41, 5.74) is 0. The van der Waals surface area contributed by atoms with Crippen molar-refractivity contribution >= 4 is 41.3 Å². The van der Waals surface area contributed by atoms with Crippen LogP contribution < -0.4 is 10.6 Å². The van der Waals surface area contributed by atoms with Gasteiger partial charge >= 0.3 is 0 Å². The molecule has 0 aromatic carbocycles. The molecule has 2 heterocycles. The zero-order valence-corrected chi connectivity index (χ0v) is 17.1. The Hall–Kier alpha value is -0.450. The van der Waals surface area contributed by atoms with Gasteiger partial charge in [0.15, 0.2) is 5.96 Å². The maximum atomic E-state index is 5.81. The van der Waals surface area contributed by atoms with Crippen LogP contribution in [0.15, 0.2) is 11.2 Å². The number of hydrogen-bond acceptors (Lipinski definition) is 5. The van der Waals surface area contributed by atoms with Crippen LogP contribution in [0.1, 0.15) is 30.2 Å². The van der Waals surface area contributed by atoms with E-state index in [4.69, 9.17) is 9.47 Å². The van der Waals surface area contributed by atoms with Crippen LogP contribution in [-0.2, 0) is 22.4 Å². The van der Waals surface area contributed by atoms with Crippen LogP contribution >= 0.6 is 35.3 Å². The molecule has 1 aromatic heterocycles. The molecule has 0 bridgehead atoms. The smallest absolute Gasteiger partial charge is 0.191 e. The van der Waals surface area contributed by atoms with Crippen LogP contribution in [0.2, 0.25) is 0 Å². The number of nitrogens with one attached hydrogen (secondary N) is 2. The second kappa shape index (κ2) is 11.2. The van der Waals surface area contributed by atoms with Crippen molar-refractivity contribution in [1.82, 2.24) is 15.6 Å². The van der Waals surface area contributed by atoms with Crippen molar-refractivity contribution in [3.63, 3.8) is 0 Å². The molecule has 1 aliphatic rings. The highest BCUT2D eigenvalue weighted by Crippen LogP contribution is 2.12. The summed E-state index contributed by atoms with van der Waals surface area (Å²) in [5.74, 6) is 0.770. The number of nitrogens with zero attached hydrogens (tertiary/aromatic N) is 2. The van der Waals surface area contributed by atoms with E-state index in [2.05, 4.69) is 34.5 Å². The summed E-state index contributed by atoms with van der Waals surface area (Å²) in [4.78, 5) is 9.94. The average Bonchev–Trinajstić information content (AvgIpc) is 3.20. The van der Waals surface area contributed by atoms with E-state index in [1.54, 1.807) is 18.4 Å². The van der Waals surface area contributed by atoms with Crippen molar-refractivity contribution < 1.29 is 9.47 Å². The molecule has 6 nitrogen and oxygen atoms in total. The molecule has 1 aromatic rings. The molecule has 1 fully saturated rings. The summed E-state index contributed by atoms with van der Waals surface area (Å²) < 4.78 is 11.1. The standard InChI is InChI=1S/C15H26N4O2S.HI/c1-4-13-7-17-14(22-13)8-18-15(16-3)19-11(2)9-21-12-5-6-20-10-12;/h7,11-12H,4-6,8-10H2,1-3H3,(H2,16,18,19);1H. The normalized spacial score (nSPS) is 19.3. The molecule has 0 radical (unpaired) electrons. The zero-order valence-electron chi connectivity index (χ0n) is 14.0. The molecule has 2 rings (SSSR count). The van der Waals surface area contributed by atoms with E-state index in [9.17, 15) is 0 Å². The minimum Gasteiger partial charge on any atom is -0.379 e. The van der Waals surface area contributed by atoms with Crippen molar-refractivity contribution in [3.05, 3.63) is 16.1 Å². The van der Waals surface area contributed by atoms with E-state index in [1.165, 1.54) is 4.88 Å². The van der Waals surface area contributed by atoms with E-state index in [-0.39, 0.29) is 36.1 Å². The maximum Gasteiger partial charge on any atom is 0.191 e. The third-order valence-corrected chi connectivity index (χ3v) is 4.58. The fraction of sp³-hybridized carbons (Fsp3) is 0.733. The van der Waals surface area contributed by atoms with Gasteiger partial charge in [0, 0.05) is 30.8 Å². The Labute approximate surface area is 159 Å². The lowest BCUT2D eigenvalue weighted by molar-refractivity contribution is 0.0347. The van der Waals surface area contributed by atoms with Crippen molar-refractivity contribution in [2.45, 2.75) is 45.4 Å². The van der Waals surface area contributed by atoms with Gasteiger partial charge in [-0.2, -0.15) is 0 Å². The topological polar surface area (TPSA) is 67.8 Å². The van der Waals surface area contributed by atoms with Gasteiger partial charge in [0.2, 0.25) is 0 Å². The first kappa shape index (κ1) is 20.6. The molecule has 0 amide bonds. The number of guanidine groups is 1. The van der Waals surface area contributed by atoms with Crippen molar-refractivity contribution in [2.75, 3.05) is 26.9 Å². The molecule has 132 valence electrons. The molecule has 1 saturated heterocycles. The van der Waals surface area contributed by atoms with Crippen LogP contribution in [0, 0.1) is 0 Å². The summed E-state index contributed by atoms with van der Waals surface area (Å²) in [6, 6.07) is 0.189. The summed E-state index contributed by atoms with van der Waals surface area (Å²) in [6.07, 6.45) is 4.20. The average molecular weight is 454 g/mol. The molecule has 2 atom stereocenters. The molecule has 2 unspecified atom stereocenters. The van der Waals surface area contributed by atoms with Gasteiger partial charge in [0.05, 0.1) is 25.9 Å². The van der Waals surface area contributed by atoms with Crippen LogP contribution in [0.4, 0.5) is 0 Å². The molecule has 0 spiro atoms. The first-order chi connectivity index (χ1) is 10.7. The summed E-state index contributed by atoms with van der Waals surface area (Å²) >= 11 is 1.74. The van der Waals surface area contributed by atoms with Gasteiger partial charge in [0.25, 0.3) is 0 Å². The van der Waals surface area contributed by atoms with Gasteiger partial charge in [-0.25, -0.2) is 4.98 Å². The number of aryl methyl sites for hydroxylation is 1. The Morgan fingerprint density at radius 2 is 2.43 bits per heavy atom. The van der Waals surface area contributed by atoms with Crippen LogP contribution in [0.25, 0.3) is 0 Å². The number of halogens is 1. The molecule has 0 aliphatic carbocycles. The van der Waals surface area contributed by atoms with Gasteiger partial charge in [-0.1, -0.05) is 6.92 Å². The predicted molar refractivity (Wildman–Crippen MR) is 105 cm³/mol. The Morgan fingerprint density at radius 1 is 1.61 bits per heavy atom. The van der Waals surface area contributed by atoms with E-state index >= 15 is 0 Å². The van der Waals surface area contributed by atoms with Gasteiger partial charge < -0.3 is 20.1 Å². The lowest BCUT2D eigenvalue weighted by Crippen LogP contribution is -2.44. The second-order valence-electron chi connectivity index (χ2n) is 5.36. The quantitative estimate of drug-likeness (QED) is 0.376. The first-order valence-corrected chi connectivity index (χ1v) is 8.63. The highest BCUT2D eigenvalue weighted by molar-refractivity contribution is 14.0. The molecular formula is C15H27IN4O2S. The lowest BCUT2D eigenvalue weighted by Gasteiger charge is -2.19. The Balaban J connectivity index is 0.00000264. The second-order valence-corrected chi connectivity index (χ2v) is 6.56. The minimum atomic E-state index is 0.